The van der Waals surface area contributed by atoms with E-state index in [1.807, 2.05) is 35.2 Å². The van der Waals surface area contributed by atoms with Crippen molar-refractivity contribution in [3.05, 3.63) is 30.3 Å². The maximum absolute atomic E-state index is 12.5. The lowest BCUT2D eigenvalue weighted by Crippen LogP contribution is -2.49. The minimum absolute atomic E-state index is 0. The topological polar surface area (TPSA) is 87.5 Å². The van der Waals surface area contributed by atoms with E-state index in [2.05, 4.69) is 10.6 Å². The summed E-state index contributed by atoms with van der Waals surface area (Å²) in [7, 11) is 0. The van der Waals surface area contributed by atoms with Crippen LogP contribution in [0, 0.1) is 5.41 Å². The molecule has 2 fully saturated rings. The zero-order chi connectivity index (χ0) is 19.1. The quantitative estimate of drug-likeness (QED) is 0.696. The van der Waals surface area contributed by atoms with E-state index in [0.717, 1.165) is 31.4 Å². The fourth-order valence-corrected chi connectivity index (χ4v) is 4.33. The summed E-state index contributed by atoms with van der Waals surface area (Å²) in [5.74, 6) is 0.120. The highest BCUT2D eigenvalue weighted by molar-refractivity contribution is 5.89. The summed E-state index contributed by atoms with van der Waals surface area (Å²) in [6, 6.07) is 9.56. The Morgan fingerprint density at radius 3 is 2.32 bits per heavy atom. The molecule has 3 amide bonds. The first-order chi connectivity index (χ1) is 13.1. The van der Waals surface area contributed by atoms with Crippen LogP contribution in [0.15, 0.2) is 30.3 Å². The molecular weight excluding hydrogens is 376 g/mol. The van der Waals surface area contributed by atoms with Crippen molar-refractivity contribution in [3.8, 4) is 0 Å². The first-order valence-electron chi connectivity index (χ1n) is 10.2. The number of likely N-dealkylation sites (tertiary alicyclic amines) is 1. The number of nitrogens with two attached hydrogens (primary N) is 1. The van der Waals surface area contributed by atoms with E-state index in [9.17, 15) is 9.59 Å². The second-order valence-electron chi connectivity index (χ2n) is 8.07. The first kappa shape index (κ1) is 22.5. The summed E-state index contributed by atoms with van der Waals surface area (Å²) < 4.78 is 0. The van der Waals surface area contributed by atoms with Crippen LogP contribution in [0.25, 0.3) is 0 Å². The van der Waals surface area contributed by atoms with E-state index in [4.69, 9.17) is 5.73 Å². The molecule has 0 bridgehead atoms. The van der Waals surface area contributed by atoms with E-state index >= 15 is 0 Å². The third-order valence-electron chi connectivity index (χ3n) is 6.06. The molecular formula is C21H33ClN4O2. The van der Waals surface area contributed by atoms with Crippen LogP contribution in [0.4, 0.5) is 10.5 Å². The predicted octanol–water partition coefficient (Wildman–Crippen LogP) is 3.52. The van der Waals surface area contributed by atoms with Gasteiger partial charge in [-0.1, -0.05) is 37.5 Å². The van der Waals surface area contributed by atoms with Gasteiger partial charge in [-0.05, 0) is 49.8 Å². The van der Waals surface area contributed by atoms with Gasteiger partial charge in [-0.15, -0.1) is 12.4 Å². The van der Waals surface area contributed by atoms with Crippen LogP contribution in [-0.2, 0) is 4.79 Å². The van der Waals surface area contributed by atoms with Crippen molar-refractivity contribution in [1.82, 2.24) is 10.2 Å². The molecule has 1 aromatic rings. The molecule has 6 nitrogen and oxygen atoms in total. The van der Waals surface area contributed by atoms with Crippen molar-refractivity contribution in [1.29, 1.82) is 0 Å². The van der Waals surface area contributed by atoms with E-state index in [0.29, 0.717) is 26.1 Å². The van der Waals surface area contributed by atoms with Gasteiger partial charge in [0.15, 0.2) is 0 Å². The van der Waals surface area contributed by atoms with E-state index in [1.165, 1.54) is 19.3 Å². The van der Waals surface area contributed by atoms with Crippen LogP contribution in [0.2, 0.25) is 0 Å². The van der Waals surface area contributed by atoms with Crippen molar-refractivity contribution < 1.29 is 9.59 Å². The second kappa shape index (κ2) is 10.7. The first-order valence-corrected chi connectivity index (χ1v) is 10.2. The lowest BCUT2D eigenvalue weighted by Gasteiger charge is -2.37. The molecule has 0 aromatic heterocycles. The number of para-hydroxylation sites is 1. The zero-order valence-corrected chi connectivity index (χ0v) is 17.3. The smallest absolute Gasteiger partial charge is 0.321 e. The molecule has 1 saturated heterocycles. The standard InChI is InChI=1S/C21H32N4O2.ClH/c22-16-21(11-5-2-6-12-21)15-19(26)23-18-9-13-25(14-10-18)20(27)24-17-7-3-1-4-8-17;/h1,3-4,7-8,18H,2,5-6,9-16,22H2,(H,23,26)(H,24,27);1H. The average Bonchev–Trinajstić information content (AvgIpc) is 2.70. The van der Waals surface area contributed by atoms with Gasteiger partial charge >= 0.3 is 6.03 Å². The molecule has 0 atom stereocenters. The highest BCUT2D eigenvalue weighted by atomic mass is 35.5. The fourth-order valence-electron chi connectivity index (χ4n) is 4.33. The maximum Gasteiger partial charge on any atom is 0.321 e. The van der Waals surface area contributed by atoms with Crippen molar-refractivity contribution in [2.24, 2.45) is 11.1 Å². The molecule has 2 aliphatic rings. The summed E-state index contributed by atoms with van der Waals surface area (Å²) in [5.41, 5.74) is 6.81. The van der Waals surface area contributed by atoms with Gasteiger partial charge in [-0.3, -0.25) is 4.79 Å². The number of benzene rings is 1. The van der Waals surface area contributed by atoms with Crippen molar-refractivity contribution in [2.45, 2.75) is 57.4 Å². The molecule has 0 radical (unpaired) electrons. The van der Waals surface area contributed by atoms with E-state index in [1.54, 1.807) is 0 Å². The Hall–Kier alpha value is -1.79. The van der Waals surface area contributed by atoms with E-state index < -0.39 is 0 Å². The second-order valence-corrected chi connectivity index (χ2v) is 8.07. The Morgan fingerprint density at radius 2 is 1.71 bits per heavy atom. The van der Waals surface area contributed by atoms with Crippen LogP contribution >= 0.6 is 12.4 Å². The van der Waals surface area contributed by atoms with Gasteiger partial charge in [0.25, 0.3) is 0 Å². The molecule has 1 aromatic carbocycles. The SMILES string of the molecule is Cl.NCC1(CC(=O)NC2CCN(C(=O)Nc3ccccc3)CC2)CCCCC1. The van der Waals surface area contributed by atoms with Gasteiger partial charge in [-0.25, -0.2) is 4.79 Å². The van der Waals surface area contributed by atoms with Gasteiger partial charge < -0.3 is 21.3 Å². The predicted molar refractivity (Wildman–Crippen MR) is 115 cm³/mol. The van der Waals surface area contributed by atoms with Gasteiger partial charge in [0.1, 0.15) is 0 Å². The largest absolute Gasteiger partial charge is 0.353 e. The summed E-state index contributed by atoms with van der Waals surface area (Å²) in [5, 5.41) is 6.10. The molecule has 1 saturated carbocycles. The minimum Gasteiger partial charge on any atom is -0.353 e. The molecule has 1 aliphatic carbocycles. The lowest BCUT2D eigenvalue weighted by atomic mass is 9.71. The lowest BCUT2D eigenvalue weighted by molar-refractivity contribution is -0.124. The fraction of sp³-hybridized carbons (Fsp3) is 0.619. The number of piperidine rings is 1. The van der Waals surface area contributed by atoms with Crippen molar-refractivity contribution >= 4 is 30.0 Å². The van der Waals surface area contributed by atoms with Crippen LogP contribution in [0.1, 0.15) is 51.4 Å². The zero-order valence-electron chi connectivity index (χ0n) is 16.5. The van der Waals surface area contributed by atoms with Gasteiger partial charge in [0.2, 0.25) is 5.91 Å². The van der Waals surface area contributed by atoms with Crippen LogP contribution < -0.4 is 16.4 Å². The normalized spacial score (nSPS) is 19.4. The number of amides is 3. The Balaban J connectivity index is 0.00000280. The highest BCUT2D eigenvalue weighted by Gasteiger charge is 2.34. The molecule has 1 heterocycles. The molecule has 0 unspecified atom stereocenters. The number of halogens is 1. The number of nitrogens with one attached hydrogen (secondary N) is 2. The Morgan fingerprint density at radius 1 is 1.07 bits per heavy atom. The number of hydrogen-bond acceptors (Lipinski definition) is 3. The summed E-state index contributed by atoms with van der Waals surface area (Å²) in [4.78, 5) is 26.7. The number of anilines is 1. The molecule has 156 valence electrons. The van der Waals surface area contributed by atoms with E-state index in [-0.39, 0.29) is 35.8 Å². The Labute approximate surface area is 174 Å². The third-order valence-corrected chi connectivity index (χ3v) is 6.06. The number of urea groups is 1. The summed E-state index contributed by atoms with van der Waals surface area (Å²) in [6.07, 6.45) is 7.88. The number of hydrogen-bond donors (Lipinski definition) is 3. The van der Waals surface area contributed by atoms with Gasteiger partial charge in [0, 0.05) is 31.2 Å². The molecule has 7 heteroatoms. The van der Waals surface area contributed by atoms with Crippen LogP contribution in [0.5, 0.6) is 0 Å². The average molecular weight is 409 g/mol. The van der Waals surface area contributed by atoms with Crippen LogP contribution in [0.3, 0.4) is 0 Å². The molecule has 28 heavy (non-hydrogen) atoms. The monoisotopic (exact) mass is 408 g/mol. The number of rotatable bonds is 5. The van der Waals surface area contributed by atoms with Crippen molar-refractivity contribution in [2.75, 3.05) is 25.0 Å². The minimum atomic E-state index is -0.0738. The number of carbonyl (C=O) groups excluding carboxylic acids is 2. The third kappa shape index (κ3) is 6.11. The molecule has 1 aliphatic heterocycles. The summed E-state index contributed by atoms with van der Waals surface area (Å²) in [6.45, 7) is 1.91. The number of nitrogens with zero attached hydrogens (tertiary/aromatic N) is 1. The van der Waals surface area contributed by atoms with Gasteiger partial charge in [0.05, 0.1) is 0 Å². The van der Waals surface area contributed by atoms with Crippen LogP contribution in [-0.4, -0.2) is 42.5 Å². The maximum atomic E-state index is 12.5. The summed E-state index contributed by atoms with van der Waals surface area (Å²) >= 11 is 0. The molecule has 4 N–H and O–H groups in total. The molecule has 0 spiro atoms. The van der Waals surface area contributed by atoms with Crippen molar-refractivity contribution in [3.63, 3.8) is 0 Å². The Kier molecular flexibility index (Phi) is 8.58. The highest BCUT2D eigenvalue weighted by Crippen LogP contribution is 2.38. The number of carbonyl (C=O) groups is 2. The molecule has 3 rings (SSSR count). The van der Waals surface area contributed by atoms with Gasteiger partial charge in [-0.2, -0.15) is 0 Å². The Bertz CT molecular complexity index is 627.